The minimum absolute atomic E-state index is 0.00447. The number of hydrogen-bond donors (Lipinski definition) is 19. The molecule has 1 heterocycles. The van der Waals surface area contributed by atoms with Gasteiger partial charge in [-0.25, -0.2) is 0 Å². The molecule has 4 atom stereocenters. The van der Waals surface area contributed by atoms with E-state index in [1.54, 1.807) is 30.3 Å². The molecular weight excluding hydrogens is 895 g/mol. The maximum Gasteiger partial charge on any atom is 0.290 e. The SMILES string of the molecule is N=C(N)NCCC[C@H](NC(=O)[C@H](CCCNC(=N)N)NC(=O)CNC(=O)[C@H](CCCNC(=N)N)NC(=O)[C@H](CCCNC(=N)N)NC(=O)/C=C/c1ccc(/C=C2\SC(=O)NC2=O)cc1)C(N)=O. The van der Waals surface area contributed by atoms with E-state index in [-0.39, 0.29) is 99.9 Å². The lowest BCUT2D eigenvalue weighted by molar-refractivity contribution is -0.133. The average Bonchev–Trinajstić information content (AvgIpc) is 3.58. The monoisotopic (exact) mass is 955 g/mol. The Kier molecular flexibility index (Phi) is 24.3. The van der Waals surface area contributed by atoms with Crippen molar-refractivity contribution in [2.24, 2.45) is 28.7 Å². The number of amides is 8. The van der Waals surface area contributed by atoms with Crippen LogP contribution in [0.15, 0.2) is 35.2 Å². The maximum absolute atomic E-state index is 13.8. The molecule has 1 fully saturated rings. The molecule has 1 aromatic rings. The van der Waals surface area contributed by atoms with Crippen LogP contribution in [0.25, 0.3) is 12.2 Å². The van der Waals surface area contributed by atoms with Crippen LogP contribution in [0, 0.1) is 21.6 Å². The molecule has 1 aliphatic heterocycles. The second kappa shape index (κ2) is 29.5. The zero-order valence-electron chi connectivity index (χ0n) is 36.6. The van der Waals surface area contributed by atoms with Gasteiger partial charge in [-0.15, -0.1) is 0 Å². The molecule has 1 aromatic carbocycles. The predicted octanol–water partition coefficient (Wildman–Crippen LogP) is -4.38. The van der Waals surface area contributed by atoms with Crippen LogP contribution in [0.2, 0.25) is 0 Å². The van der Waals surface area contributed by atoms with Gasteiger partial charge in [0.15, 0.2) is 23.8 Å². The molecule has 67 heavy (non-hydrogen) atoms. The molecule has 0 aliphatic carbocycles. The molecule has 0 spiro atoms. The number of rotatable bonds is 29. The molecule has 366 valence electrons. The Hall–Kier alpha value is -7.91. The number of nitrogens with one attached hydrogen (secondary N) is 14. The minimum Gasteiger partial charge on any atom is -0.370 e. The van der Waals surface area contributed by atoms with E-state index in [0.717, 1.165) is 11.8 Å². The van der Waals surface area contributed by atoms with E-state index in [1.807, 2.05) is 0 Å². The molecule has 0 saturated carbocycles. The molecule has 0 radical (unpaired) electrons. The van der Waals surface area contributed by atoms with E-state index in [0.29, 0.717) is 17.5 Å². The highest BCUT2D eigenvalue weighted by Gasteiger charge is 2.29. The summed E-state index contributed by atoms with van der Waals surface area (Å²) in [5, 5.41) is 54.3. The van der Waals surface area contributed by atoms with Crippen molar-refractivity contribution in [2.45, 2.75) is 75.5 Å². The number of nitrogens with two attached hydrogens (primary N) is 5. The van der Waals surface area contributed by atoms with Crippen molar-refractivity contribution in [3.8, 4) is 0 Å². The summed E-state index contributed by atoms with van der Waals surface area (Å²) in [5.41, 5.74) is 28.1. The standard InChI is InChI=1S/C39H61N19O8S/c40-30(61)23(5-1-15-49-35(41)42)56-32(63)26(8-4-18-52-38(47)48)55-29(60)20-53-31(62)24(6-2-16-50-36(43)44)57-33(64)25(7-3-17-51-37(45)46)54-28(59)14-13-21-9-11-22(12-10-21)19-27-34(65)58-39(66)67-27/h9-14,19,23-26H,1-8,15-18,20H2,(H2,40,61)(H,53,62)(H,54,59)(H,55,60)(H,56,63)(H,57,64)(H4,41,42,49)(H4,43,44,50)(H4,45,46,51)(H4,47,48,52)(H,58,65,66)/b14-13+,27-19-/t23-,24-,25-,26-/m0/s1. The van der Waals surface area contributed by atoms with Gasteiger partial charge in [0.2, 0.25) is 35.4 Å². The number of imide groups is 1. The van der Waals surface area contributed by atoms with Crippen LogP contribution in [-0.4, -0.2) is 127 Å². The normalized spacial score (nSPS) is 14.3. The summed E-state index contributed by atoms with van der Waals surface area (Å²) in [6, 6.07) is 1.80. The lowest BCUT2D eigenvalue weighted by atomic mass is 10.1. The third-order valence-corrected chi connectivity index (χ3v) is 10.1. The first kappa shape index (κ1) is 55.2. The average molecular weight is 956 g/mol. The number of guanidine groups is 4. The van der Waals surface area contributed by atoms with Crippen molar-refractivity contribution < 1.29 is 38.4 Å². The van der Waals surface area contributed by atoms with Crippen LogP contribution in [0.4, 0.5) is 4.79 Å². The summed E-state index contributed by atoms with van der Waals surface area (Å²) >= 11 is 0.776. The van der Waals surface area contributed by atoms with Gasteiger partial charge in [-0.05, 0) is 86.4 Å². The Morgan fingerprint density at radius 2 is 0.985 bits per heavy atom. The molecule has 0 unspecified atom stereocenters. The van der Waals surface area contributed by atoms with Gasteiger partial charge >= 0.3 is 0 Å². The van der Waals surface area contributed by atoms with Crippen LogP contribution in [0.1, 0.15) is 62.5 Å². The van der Waals surface area contributed by atoms with E-state index >= 15 is 0 Å². The highest BCUT2D eigenvalue weighted by Crippen LogP contribution is 2.25. The van der Waals surface area contributed by atoms with Crippen LogP contribution in [-0.2, 0) is 33.6 Å². The topological polar surface area (TPSA) is 482 Å². The van der Waals surface area contributed by atoms with E-state index in [2.05, 4.69) is 53.2 Å². The first-order chi connectivity index (χ1) is 31.7. The van der Waals surface area contributed by atoms with E-state index < -0.39 is 77.3 Å². The Bertz CT molecular complexity index is 2050. The van der Waals surface area contributed by atoms with E-state index in [9.17, 15) is 38.4 Å². The summed E-state index contributed by atoms with van der Waals surface area (Å²) in [5.74, 6) is -6.43. The predicted molar refractivity (Wildman–Crippen MR) is 251 cm³/mol. The summed E-state index contributed by atoms with van der Waals surface area (Å²) in [7, 11) is 0. The highest BCUT2D eigenvalue weighted by molar-refractivity contribution is 8.18. The lowest BCUT2D eigenvalue weighted by Crippen LogP contribution is -2.56. The minimum atomic E-state index is -1.29. The summed E-state index contributed by atoms with van der Waals surface area (Å²) in [6.07, 6.45) is 5.28. The lowest BCUT2D eigenvalue weighted by Gasteiger charge is -2.24. The maximum atomic E-state index is 13.8. The summed E-state index contributed by atoms with van der Waals surface area (Å²) in [4.78, 5) is 103. The first-order valence-electron chi connectivity index (χ1n) is 20.9. The van der Waals surface area contributed by atoms with E-state index in [4.69, 9.17) is 50.3 Å². The van der Waals surface area contributed by atoms with Gasteiger partial charge in [-0.2, -0.15) is 0 Å². The van der Waals surface area contributed by atoms with Gasteiger partial charge < -0.3 is 76.5 Å². The van der Waals surface area contributed by atoms with Gasteiger partial charge in [-0.3, -0.25) is 65.3 Å². The van der Waals surface area contributed by atoms with Crippen molar-refractivity contribution in [1.29, 1.82) is 21.6 Å². The fourth-order valence-electron chi connectivity index (χ4n) is 5.96. The molecule has 1 aliphatic rings. The quantitative estimate of drug-likeness (QED) is 0.0156. The van der Waals surface area contributed by atoms with Crippen LogP contribution < -0.4 is 81.8 Å². The van der Waals surface area contributed by atoms with Crippen molar-refractivity contribution in [3.05, 3.63) is 46.4 Å². The van der Waals surface area contributed by atoms with Gasteiger partial charge in [0.1, 0.15) is 24.2 Å². The third-order valence-electron chi connectivity index (χ3n) is 9.24. The highest BCUT2D eigenvalue weighted by atomic mass is 32.2. The molecule has 27 nitrogen and oxygen atoms in total. The first-order valence-corrected chi connectivity index (χ1v) is 21.7. The van der Waals surface area contributed by atoms with Crippen molar-refractivity contribution in [3.63, 3.8) is 0 Å². The number of carbonyl (C=O) groups is 8. The Balaban J connectivity index is 2.20. The largest absolute Gasteiger partial charge is 0.370 e. The molecule has 28 heteroatoms. The molecule has 8 amide bonds. The summed E-state index contributed by atoms with van der Waals surface area (Å²) in [6.45, 7) is 0.0191. The van der Waals surface area contributed by atoms with Crippen LogP contribution in [0.3, 0.4) is 0 Å². The molecule has 24 N–H and O–H groups in total. The zero-order chi connectivity index (χ0) is 49.9. The fraction of sp³-hybridized carbons (Fsp3) is 0.436. The van der Waals surface area contributed by atoms with Gasteiger partial charge in [0, 0.05) is 32.3 Å². The molecule has 0 aromatic heterocycles. The number of carbonyl (C=O) groups excluding carboxylic acids is 8. The van der Waals surface area contributed by atoms with Gasteiger partial charge in [0.25, 0.3) is 11.1 Å². The second-order valence-corrected chi connectivity index (χ2v) is 15.7. The van der Waals surface area contributed by atoms with E-state index in [1.165, 1.54) is 12.2 Å². The molecule has 2 rings (SSSR count). The second-order valence-electron chi connectivity index (χ2n) is 14.7. The number of hydrogen-bond acceptors (Lipinski definition) is 13. The van der Waals surface area contributed by atoms with Gasteiger partial charge in [-0.1, -0.05) is 24.3 Å². The van der Waals surface area contributed by atoms with Crippen LogP contribution in [0.5, 0.6) is 0 Å². The fourth-order valence-corrected chi connectivity index (χ4v) is 6.64. The number of primary amides is 1. The molecule has 0 bridgehead atoms. The van der Waals surface area contributed by atoms with Crippen molar-refractivity contribution in [2.75, 3.05) is 32.7 Å². The van der Waals surface area contributed by atoms with Crippen LogP contribution >= 0.6 is 11.8 Å². The number of benzene rings is 1. The molecule has 1 saturated heterocycles. The van der Waals surface area contributed by atoms with Crippen molar-refractivity contribution >= 4 is 94.3 Å². The smallest absolute Gasteiger partial charge is 0.290 e. The zero-order valence-corrected chi connectivity index (χ0v) is 37.4. The van der Waals surface area contributed by atoms with Gasteiger partial charge in [0.05, 0.1) is 11.4 Å². The Labute approximate surface area is 389 Å². The third kappa shape index (κ3) is 23.6. The summed E-state index contributed by atoms with van der Waals surface area (Å²) < 4.78 is 0. The Morgan fingerprint density at radius 3 is 1.42 bits per heavy atom. The Morgan fingerprint density at radius 1 is 0.567 bits per heavy atom. The van der Waals surface area contributed by atoms with Crippen molar-refractivity contribution in [1.82, 2.24) is 53.2 Å². The number of thioether (sulfide) groups is 1. The molecular formula is C39H61N19O8S.